The van der Waals surface area contributed by atoms with Crippen molar-refractivity contribution in [3.63, 3.8) is 0 Å². The fraction of sp³-hybridized carbons (Fsp3) is 0.421. The molecule has 1 aromatic carbocycles. The Balaban J connectivity index is 1.41. The molecule has 6 nitrogen and oxygen atoms in total. The van der Waals surface area contributed by atoms with Crippen molar-refractivity contribution in [2.45, 2.75) is 39.0 Å². The quantitative estimate of drug-likeness (QED) is 0.804. The lowest BCUT2D eigenvalue weighted by Gasteiger charge is -2.18. The average Bonchev–Trinajstić information content (AvgIpc) is 3.29. The van der Waals surface area contributed by atoms with E-state index in [4.69, 9.17) is 17.0 Å². The highest BCUT2D eigenvalue weighted by Gasteiger charge is 2.21. The standard InChI is InChI=1S/C19H23N5OS/c1-13-9-17(24-11-14-5-2-3-6-15(14)12-24)22-18(21-13)23-19(26)20-10-16-7-4-8-25-16/h2-3,5-6,9,16H,4,7-8,10-12H2,1H3,(H2,20,21,22,23,26)/t16-/m1/s1. The van der Waals surface area contributed by atoms with Crippen LogP contribution >= 0.6 is 12.2 Å². The lowest BCUT2D eigenvalue weighted by molar-refractivity contribution is 0.114. The molecule has 0 aliphatic carbocycles. The topological polar surface area (TPSA) is 62.3 Å². The molecule has 2 N–H and O–H groups in total. The van der Waals surface area contributed by atoms with Crippen LogP contribution in [0, 0.1) is 6.92 Å². The molecule has 0 spiro atoms. The van der Waals surface area contributed by atoms with Crippen molar-refractivity contribution in [1.29, 1.82) is 0 Å². The van der Waals surface area contributed by atoms with Gasteiger partial charge in [-0.25, -0.2) is 4.98 Å². The zero-order valence-electron chi connectivity index (χ0n) is 14.9. The van der Waals surface area contributed by atoms with Gasteiger partial charge < -0.3 is 20.3 Å². The Labute approximate surface area is 159 Å². The van der Waals surface area contributed by atoms with Gasteiger partial charge in [-0.15, -0.1) is 0 Å². The molecule has 2 aliphatic heterocycles. The number of thiocarbonyl (C=S) groups is 1. The lowest BCUT2D eigenvalue weighted by Crippen LogP contribution is -2.35. The first-order valence-electron chi connectivity index (χ1n) is 9.01. The molecule has 0 bridgehead atoms. The minimum absolute atomic E-state index is 0.242. The monoisotopic (exact) mass is 369 g/mol. The zero-order chi connectivity index (χ0) is 17.9. The van der Waals surface area contributed by atoms with Gasteiger partial charge in [-0.05, 0) is 43.1 Å². The van der Waals surface area contributed by atoms with E-state index in [2.05, 4.69) is 49.8 Å². The van der Waals surface area contributed by atoms with Gasteiger partial charge in [0.05, 0.1) is 6.10 Å². The van der Waals surface area contributed by atoms with Crippen LogP contribution in [0.3, 0.4) is 0 Å². The molecule has 3 heterocycles. The van der Waals surface area contributed by atoms with Gasteiger partial charge in [0.1, 0.15) is 5.82 Å². The molecule has 7 heteroatoms. The van der Waals surface area contributed by atoms with E-state index in [0.717, 1.165) is 44.0 Å². The molecule has 26 heavy (non-hydrogen) atoms. The predicted octanol–water partition coefficient (Wildman–Crippen LogP) is 2.77. The van der Waals surface area contributed by atoms with E-state index < -0.39 is 0 Å². The molecule has 1 aromatic heterocycles. The van der Waals surface area contributed by atoms with Gasteiger partial charge in [0, 0.05) is 38.0 Å². The highest BCUT2D eigenvalue weighted by atomic mass is 32.1. The summed E-state index contributed by atoms with van der Waals surface area (Å²) < 4.78 is 5.60. The molecule has 1 fully saturated rings. The van der Waals surface area contributed by atoms with Crippen LogP contribution in [-0.2, 0) is 17.8 Å². The van der Waals surface area contributed by atoms with E-state index >= 15 is 0 Å². The minimum Gasteiger partial charge on any atom is -0.376 e. The van der Waals surface area contributed by atoms with Crippen LogP contribution in [-0.4, -0.2) is 34.3 Å². The van der Waals surface area contributed by atoms with Crippen LogP contribution in [0.15, 0.2) is 30.3 Å². The summed E-state index contributed by atoms with van der Waals surface area (Å²) in [6.07, 6.45) is 2.44. The summed E-state index contributed by atoms with van der Waals surface area (Å²) in [5, 5.41) is 6.83. The second-order valence-corrected chi connectivity index (χ2v) is 7.19. The Morgan fingerprint density at radius 2 is 2.04 bits per heavy atom. The van der Waals surface area contributed by atoms with Crippen molar-refractivity contribution >= 4 is 29.1 Å². The SMILES string of the molecule is Cc1cc(N2Cc3ccccc3C2)nc(NC(=S)NC[C@H]2CCCO2)n1. The Bertz CT molecular complexity index is 781. The number of fused-ring (bicyclic) bond motifs is 1. The summed E-state index contributed by atoms with van der Waals surface area (Å²) in [5.41, 5.74) is 3.62. The first kappa shape index (κ1) is 17.2. The highest BCUT2D eigenvalue weighted by Crippen LogP contribution is 2.27. The molecule has 136 valence electrons. The predicted molar refractivity (Wildman–Crippen MR) is 106 cm³/mol. The zero-order valence-corrected chi connectivity index (χ0v) is 15.7. The molecule has 0 saturated carbocycles. The van der Waals surface area contributed by atoms with Gasteiger partial charge >= 0.3 is 0 Å². The molecule has 2 aromatic rings. The van der Waals surface area contributed by atoms with E-state index in [1.165, 1.54) is 11.1 Å². The summed E-state index contributed by atoms with van der Waals surface area (Å²) in [6, 6.07) is 10.5. The molecule has 2 aliphatic rings. The summed E-state index contributed by atoms with van der Waals surface area (Å²) in [4.78, 5) is 11.4. The Morgan fingerprint density at radius 1 is 1.27 bits per heavy atom. The Hall–Kier alpha value is -2.25. The molecule has 4 rings (SSSR count). The smallest absolute Gasteiger partial charge is 0.231 e. The maximum Gasteiger partial charge on any atom is 0.231 e. The van der Waals surface area contributed by atoms with Crippen molar-refractivity contribution in [2.75, 3.05) is 23.4 Å². The minimum atomic E-state index is 0.242. The number of aromatic nitrogens is 2. The van der Waals surface area contributed by atoms with E-state index in [1.807, 2.05) is 13.0 Å². The summed E-state index contributed by atoms with van der Waals surface area (Å²) in [5.74, 6) is 1.44. The molecular formula is C19H23N5OS. The molecule has 0 unspecified atom stereocenters. The van der Waals surface area contributed by atoms with Crippen LogP contribution in [0.25, 0.3) is 0 Å². The molecule has 1 saturated heterocycles. The number of anilines is 2. The van der Waals surface area contributed by atoms with Crippen LogP contribution in [0.1, 0.15) is 29.7 Å². The number of nitrogens with one attached hydrogen (secondary N) is 2. The summed E-state index contributed by atoms with van der Waals surface area (Å²) >= 11 is 5.38. The normalized spacial score (nSPS) is 18.7. The van der Waals surface area contributed by atoms with Crippen molar-refractivity contribution in [2.24, 2.45) is 0 Å². The largest absolute Gasteiger partial charge is 0.376 e. The van der Waals surface area contributed by atoms with Gasteiger partial charge in [0.15, 0.2) is 5.11 Å². The molecule has 1 atom stereocenters. The maximum absolute atomic E-state index is 5.60. The van der Waals surface area contributed by atoms with E-state index in [1.54, 1.807) is 0 Å². The third kappa shape index (κ3) is 3.94. The fourth-order valence-corrected chi connectivity index (χ4v) is 3.60. The highest BCUT2D eigenvalue weighted by molar-refractivity contribution is 7.80. The number of aryl methyl sites for hydroxylation is 1. The van der Waals surface area contributed by atoms with E-state index in [0.29, 0.717) is 17.6 Å². The van der Waals surface area contributed by atoms with Crippen molar-refractivity contribution in [1.82, 2.24) is 15.3 Å². The van der Waals surface area contributed by atoms with Crippen LogP contribution in [0.4, 0.5) is 11.8 Å². The first-order chi connectivity index (χ1) is 12.7. The number of rotatable bonds is 4. The van der Waals surface area contributed by atoms with Gasteiger partial charge in [-0.1, -0.05) is 24.3 Å². The number of benzene rings is 1. The molecule has 0 radical (unpaired) electrons. The third-order valence-electron chi connectivity index (χ3n) is 4.75. The Morgan fingerprint density at radius 3 is 2.73 bits per heavy atom. The average molecular weight is 369 g/mol. The third-order valence-corrected chi connectivity index (χ3v) is 4.99. The maximum atomic E-state index is 5.60. The van der Waals surface area contributed by atoms with Crippen LogP contribution in [0.5, 0.6) is 0 Å². The van der Waals surface area contributed by atoms with Crippen molar-refractivity contribution < 1.29 is 4.74 Å². The Kier molecular flexibility index (Phi) is 4.99. The number of nitrogens with zero attached hydrogens (tertiary/aromatic N) is 3. The van der Waals surface area contributed by atoms with E-state index in [9.17, 15) is 0 Å². The van der Waals surface area contributed by atoms with Crippen molar-refractivity contribution in [3.8, 4) is 0 Å². The summed E-state index contributed by atoms with van der Waals surface area (Å²) in [6.45, 7) is 5.27. The van der Waals surface area contributed by atoms with Crippen molar-refractivity contribution in [3.05, 3.63) is 47.2 Å². The van der Waals surface area contributed by atoms with Gasteiger partial charge in [0.25, 0.3) is 0 Å². The summed E-state index contributed by atoms with van der Waals surface area (Å²) in [7, 11) is 0. The number of ether oxygens (including phenoxy) is 1. The van der Waals surface area contributed by atoms with Gasteiger partial charge in [-0.3, -0.25) is 0 Å². The van der Waals surface area contributed by atoms with Crippen LogP contribution < -0.4 is 15.5 Å². The molecular weight excluding hydrogens is 346 g/mol. The number of hydrogen-bond donors (Lipinski definition) is 2. The van der Waals surface area contributed by atoms with Gasteiger partial charge in [-0.2, -0.15) is 4.98 Å². The second kappa shape index (κ2) is 7.55. The lowest BCUT2D eigenvalue weighted by atomic mass is 10.1. The van der Waals surface area contributed by atoms with E-state index in [-0.39, 0.29) is 6.10 Å². The number of hydrogen-bond acceptors (Lipinski definition) is 5. The van der Waals surface area contributed by atoms with Gasteiger partial charge in [0.2, 0.25) is 5.95 Å². The fourth-order valence-electron chi connectivity index (χ4n) is 3.42. The second-order valence-electron chi connectivity index (χ2n) is 6.79. The first-order valence-corrected chi connectivity index (χ1v) is 9.42. The molecule has 0 amide bonds. The van der Waals surface area contributed by atoms with Crippen LogP contribution in [0.2, 0.25) is 0 Å².